The lowest BCUT2D eigenvalue weighted by atomic mass is 10.1. The molecule has 25 heavy (non-hydrogen) atoms. The third-order valence-electron chi connectivity index (χ3n) is 4.54. The molecule has 0 bridgehead atoms. The Bertz CT molecular complexity index is 641. The molecule has 7 heteroatoms. The number of nitriles is 1. The zero-order chi connectivity index (χ0) is 17.7. The molecule has 2 atom stereocenters. The topological polar surface area (TPSA) is 63.5 Å². The van der Waals surface area contributed by atoms with Gasteiger partial charge in [0.15, 0.2) is 5.96 Å². The Hall–Kier alpha value is -1.40. The van der Waals surface area contributed by atoms with Crippen molar-refractivity contribution in [2.24, 2.45) is 10.9 Å². The Morgan fingerprint density at radius 3 is 2.72 bits per heavy atom. The van der Waals surface area contributed by atoms with E-state index in [0.717, 1.165) is 13.1 Å². The molecule has 0 aromatic heterocycles. The summed E-state index contributed by atoms with van der Waals surface area (Å²) < 4.78 is 13.9. The van der Waals surface area contributed by atoms with Crippen LogP contribution in [0.2, 0.25) is 0 Å². The van der Waals surface area contributed by atoms with E-state index in [0.29, 0.717) is 35.1 Å². The summed E-state index contributed by atoms with van der Waals surface area (Å²) in [6, 6.07) is 7.24. The molecule has 0 spiro atoms. The van der Waals surface area contributed by atoms with Gasteiger partial charge in [-0.3, -0.25) is 9.89 Å². The van der Waals surface area contributed by atoms with E-state index in [4.69, 9.17) is 5.26 Å². The molecule has 1 aliphatic rings. The molecule has 0 radical (unpaired) electrons. The summed E-state index contributed by atoms with van der Waals surface area (Å²) in [4.78, 5) is 6.67. The second-order valence-electron chi connectivity index (χ2n) is 6.62. The Balaban J connectivity index is 0.00000312. The first-order chi connectivity index (χ1) is 11.4. The fourth-order valence-corrected chi connectivity index (χ4v) is 2.94. The molecule has 1 saturated heterocycles. The van der Waals surface area contributed by atoms with Crippen LogP contribution in [-0.2, 0) is 6.54 Å². The number of rotatable bonds is 4. The van der Waals surface area contributed by atoms with Gasteiger partial charge >= 0.3 is 0 Å². The number of halogens is 2. The van der Waals surface area contributed by atoms with E-state index in [1.165, 1.54) is 12.1 Å². The molecule has 5 nitrogen and oxygen atoms in total. The fraction of sp³-hybridized carbons (Fsp3) is 0.556. The number of nitrogens with one attached hydrogen (secondary N) is 2. The van der Waals surface area contributed by atoms with Gasteiger partial charge < -0.3 is 10.6 Å². The summed E-state index contributed by atoms with van der Waals surface area (Å²) in [5, 5.41) is 15.5. The highest BCUT2D eigenvalue weighted by Crippen LogP contribution is 2.18. The highest BCUT2D eigenvalue weighted by Gasteiger charge is 2.31. The second kappa shape index (κ2) is 9.92. The standard InChI is InChI=1S/C18H26FN5.HI/c1-12(2)24-10-13(3)17(11-24)23-18(21-4)22-9-15-7-14(8-20)5-6-16(15)19;/h5-7,12-13,17H,9-11H2,1-4H3,(H2,21,22,23);1H. The van der Waals surface area contributed by atoms with Crippen molar-refractivity contribution in [1.29, 1.82) is 5.26 Å². The molecule has 138 valence electrons. The molecule has 1 fully saturated rings. The van der Waals surface area contributed by atoms with Gasteiger partial charge in [-0.15, -0.1) is 24.0 Å². The lowest BCUT2D eigenvalue weighted by Gasteiger charge is -2.22. The Morgan fingerprint density at radius 1 is 1.44 bits per heavy atom. The molecular weight excluding hydrogens is 432 g/mol. The molecule has 0 aliphatic carbocycles. The van der Waals surface area contributed by atoms with Crippen LogP contribution in [-0.4, -0.2) is 43.1 Å². The zero-order valence-corrected chi connectivity index (χ0v) is 17.5. The van der Waals surface area contributed by atoms with Crippen molar-refractivity contribution >= 4 is 29.9 Å². The van der Waals surface area contributed by atoms with Crippen LogP contribution in [0.1, 0.15) is 31.9 Å². The quantitative estimate of drug-likeness (QED) is 0.413. The minimum Gasteiger partial charge on any atom is -0.352 e. The molecule has 2 rings (SSSR count). The van der Waals surface area contributed by atoms with Crippen LogP contribution >= 0.6 is 24.0 Å². The Labute approximate surface area is 166 Å². The van der Waals surface area contributed by atoms with Gasteiger partial charge in [-0.05, 0) is 38.0 Å². The Kier molecular flexibility index (Phi) is 8.59. The van der Waals surface area contributed by atoms with Crippen molar-refractivity contribution in [3.8, 4) is 6.07 Å². The molecule has 0 amide bonds. The third-order valence-corrected chi connectivity index (χ3v) is 4.54. The lowest BCUT2D eigenvalue weighted by Crippen LogP contribution is -2.46. The van der Waals surface area contributed by atoms with Gasteiger partial charge in [0, 0.05) is 44.3 Å². The van der Waals surface area contributed by atoms with E-state index in [9.17, 15) is 4.39 Å². The first-order valence-corrected chi connectivity index (χ1v) is 8.34. The SMILES string of the molecule is CN=C(NCc1cc(C#N)ccc1F)NC1CN(C(C)C)CC1C.I. The van der Waals surface area contributed by atoms with Gasteiger partial charge in [0.2, 0.25) is 0 Å². The highest BCUT2D eigenvalue weighted by molar-refractivity contribution is 14.0. The van der Waals surface area contributed by atoms with Crippen LogP contribution in [0.15, 0.2) is 23.2 Å². The van der Waals surface area contributed by atoms with Crippen LogP contribution in [0.4, 0.5) is 4.39 Å². The van der Waals surface area contributed by atoms with Gasteiger partial charge in [-0.25, -0.2) is 4.39 Å². The summed E-state index contributed by atoms with van der Waals surface area (Å²) in [7, 11) is 1.71. The molecular formula is C18H27FIN5. The molecule has 0 saturated carbocycles. The molecule has 1 heterocycles. The maximum absolute atomic E-state index is 13.9. The third kappa shape index (κ3) is 5.82. The summed E-state index contributed by atoms with van der Waals surface area (Å²) in [6.07, 6.45) is 0. The lowest BCUT2D eigenvalue weighted by molar-refractivity contribution is 0.265. The number of likely N-dealkylation sites (tertiary alicyclic amines) is 1. The van der Waals surface area contributed by atoms with E-state index < -0.39 is 0 Å². The van der Waals surface area contributed by atoms with Crippen molar-refractivity contribution in [2.45, 2.75) is 39.4 Å². The summed E-state index contributed by atoms with van der Waals surface area (Å²) >= 11 is 0. The van der Waals surface area contributed by atoms with E-state index in [1.54, 1.807) is 13.1 Å². The van der Waals surface area contributed by atoms with Gasteiger partial charge in [0.05, 0.1) is 11.6 Å². The van der Waals surface area contributed by atoms with Crippen molar-refractivity contribution in [2.75, 3.05) is 20.1 Å². The number of aliphatic imine (C=N–C) groups is 1. The van der Waals surface area contributed by atoms with Crippen molar-refractivity contribution in [1.82, 2.24) is 15.5 Å². The monoisotopic (exact) mass is 459 g/mol. The fourth-order valence-electron chi connectivity index (χ4n) is 2.94. The molecule has 1 aromatic rings. The van der Waals surface area contributed by atoms with E-state index >= 15 is 0 Å². The number of nitrogens with zero attached hydrogens (tertiary/aromatic N) is 3. The number of guanidine groups is 1. The average molecular weight is 459 g/mol. The van der Waals surface area contributed by atoms with Crippen molar-refractivity contribution in [3.05, 3.63) is 35.1 Å². The first kappa shape index (κ1) is 21.6. The maximum atomic E-state index is 13.9. The van der Waals surface area contributed by atoms with Gasteiger partial charge in [-0.1, -0.05) is 6.92 Å². The second-order valence-corrected chi connectivity index (χ2v) is 6.62. The number of benzene rings is 1. The van der Waals surface area contributed by atoms with E-state index in [1.807, 2.05) is 6.07 Å². The van der Waals surface area contributed by atoms with Crippen LogP contribution in [0, 0.1) is 23.1 Å². The summed E-state index contributed by atoms with van der Waals surface area (Å²) in [5.41, 5.74) is 0.911. The minimum absolute atomic E-state index is 0. The van der Waals surface area contributed by atoms with Crippen molar-refractivity contribution in [3.63, 3.8) is 0 Å². The van der Waals surface area contributed by atoms with Crippen LogP contribution in [0.5, 0.6) is 0 Å². The van der Waals surface area contributed by atoms with Crippen LogP contribution < -0.4 is 10.6 Å². The number of hydrogen-bond donors (Lipinski definition) is 2. The largest absolute Gasteiger partial charge is 0.352 e. The molecule has 1 aliphatic heterocycles. The number of hydrogen-bond acceptors (Lipinski definition) is 3. The average Bonchev–Trinajstić information content (AvgIpc) is 2.93. The Morgan fingerprint density at radius 2 is 2.16 bits per heavy atom. The van der Waals surface area contributed by atoms with Gasteiger partial charge in [-0.2, -0.15) is 5.26 Å². The molecule has 1 aromatic carbocycles. The smallest absolute Gasteiger partial charge is 0.191 e. The summed E-state index contributed by atoms with van der Waals surface area (Å²) in [5.74, 6) is 0.848. The van der Waals surface area contributed by atoms with Crippen LogP contribution in [0.25, 0.3) is 0 Å². The minimum atomic E-state index is -0.322. The van der Waals surface area contributed by atoms with Crippen LogP contribution in [0.3, 0.4) is 0 Å². The molecule has 2 N–H and O–H groups in total. The zero-order valence-electron chi connectivity index (χ0n) is 15.2. The summed E-state index contributed by atoms with van der Waals surface area (Å²) in [6.45, 7) is 8.95. The highest BCUT2D eigenvalue weighted by atomic mass is 127. The predicted octanol–water partition coefficient (Wildman–Crippen LogP) is 2.71. The van der Waals surface area contributed by atoms with Gasteiger partial charge in [0.1, 0.15) is 5.82 Å². The predicted molar refractivity (Wildman–Crippen MR) is 110 cm³/mol. The maximum Gasteiger partial charge on any atom is 0.191 e. The molecule has 2 unspecified atom stereocenters. The first-order valence-electron chi connectivity index (χ1n) is 8.34. The van der Waals surface area contributed by atoms with E-state index in [-0.39, 0.29) is 36.3 Å². The normalized spacial score (nSPS) is 20.9. The van der Waals surface area contributed by atoms with Gasteiger partial charge in [0.25, 0.3) is 0 Å². The van der Waals surface area contributed by atoms with Crippen molar-refractivity contribution < 1.29 is 4.39 Å². The van der Waals surface area contributed by atoms with E-state index in [2.05, 4.69) is 41.3 Å².